The molecule has 0 aliphatic carbocycles. The second kappa shape index (κ2) is 5.57. The summed E-state index contributed by atoms with van der Waals surface area (Å²) in [5.74, 6) is 0.710. The Bertz CT molecular complexity index is 198. The van der Waals surface area contributed by atoms with E-state index in [1.165, 1.54) is 0 Å². The van der Waals surface area contributed by atoms with Gasteiger partial charge in [0.05, 0.1) is 0 Å². The second-order valence-electron chi connectivity index (χ2n) is 2.29. The first kappa shape index (κ1) is 10.9. The lowest BCUT2D eigenvalue weighted by atomic mass is 10.3. The zero-order chi connectivity index (χ0) is 8.10. The molecule has 12 heavy (non-hydrogen) atoms. The van der Waals surface area contributed by atoms with Crippen molar-refractivity contribution in [3.63, 3.8) is 0 Å². The van der Waals surface area contributed by atoms with Crippen LogP contribution in [0.3, 0.4) is 0 Å². The summed E-state index contributed by atoms with van der Waals surface area (Å²) < 4.78 is 5.12. The zero-order valence-corrected chi connectivity index (χ0v) is 7.03. The summed E-state index contributed by atoms with van der Waals surface area (Å²) in [7, 11) is 0. The van der Waals surface area contributed by atoms with Gasteiger partial charge in [-0.15, -0.1) is 0 Å². The van der Waals surface area contributed by atoms with Crippen molar-refractivity contribution in [3.05, 3.63) is 30.3 Å². The van der Waals surface area contributed by atoms with Crippen LogP contribution in [-0.2, 0) is 0 Å². The normalized spacial score (nSPS) is 11.5. The minimum Gasteiger partial charge on any atom is -0.465 e. The Kier molecular flexibility index (Phi) is 5.08. The topological polar surface area (TPSA) is 61.0 Å². The molecule has 3 heteroatoms. The van der Waals surface area contributed by atoms with Gasteiger partial charge in [-0.25, -0.2) is 0 Å². The van der Waals surface area contributed by atoms with E-state index in [2.05, 4.69) is 0 Å². The molecule has 0 radical (unpaired) electrons. The Morgan fingerprint density at radius 2 is 1.92 bits per heavy atom. The van der Waals surface area contributed by atoms with Crippen LogP contribution in [0.2, 0.25) is 0 Å². The fraction of sp³-hybridized carbons (Fsp3) is 0.333. The molecular formula is C9H14O3. The smallest absolute Gasteiger partial charge is 0.197 e. The molecule has 0 aliphatic heterocycles. The molecule has 1 atom stereocenters. The maximum Gasteiger partial charge on any atom is 0.197 e. The molecule has 0 fully saturated rings. The fourth-order valence-corrected chi connectivity index (χ4v) is 0.739. The van der Waals surface area contributed by atoms with Gasteiger partial charge in [0.15, 0.2) is 6.29 Å². The average molecular weight is 170 g/mol. The number of rotatable bonds is 3. The van der Waals surface area contributed by atoms with E-state index in [4.69, 9.17) is 9.84 Å². The molecule has 0 bridgehead atoms. The highest BCUT2D eigenvalue weighted by atomic mass is 16.6. The summed E-state index contributed by atoms with van der Waals surface area (Å²) in [5.41, 5.74) is 0. The largest absolute Gasteiger partial charge is 0.465 e. The van der Waals surface area contributed by atoms with Gasteiger partial charge in [-0.05, 0) is 12.1 Å². The molecule has 0 amide bonds. The molecule has 3 nitrogen and oxygen atoms in total. The van der Waals surface area contributed by atoms with Crippen LogP contribution in [0.25, 0.3) is 0 Å². The highest BCUT2D eigenvalue weighted by Crippen LogP contribution is 2.10. The number of aliphatic hydroxyl groups is 1. The van der Waals surface area contributed by atoms with Gasteiger partial charge in [0.2, 0.25) is 0 Å². The van der Waals surface area contributed by atoms with Gasteiger partial charge in [0.1, 0.15) is 5.75 Å². The van der Waals surface area contributed by atoms with Gasteiger partial charge >= 0.3 is 0 Å². The summed E-state index contributed by atoms with van der Waals surface area (Å²) in [6.45, 7) is 1.87. The molecule has 3 N–H and O–H groups in total. The van der Waals surface area contributed by atoms with Gasteiger partial charge in [0, 0.05) is 6.42 Å². The van der Waals surface area contributed by atoms with Crippen molar-refractivity contribution < 1.29 is 15.3 Å². The third-order valence-corrected chi connectivity index (χ3v) is 1.36. The molecule has 0 saturated heterocycles. The van der Waals surface area contributed by atoms with Crippen LogP contribution in [0.1, 0.15) is 13.3 Å². The van der Waals surface area contributed by atoms with E-state index in [1.807, 2.05) is 37.3 Å². The van der Waals surface area contributed by atoms with Crippen LogP contribution in [-0.4, -0.2) is 16.9 Å². The molecule has 0 heterocycles. The van der Waals surface area contributed by atoms with Gasteiger partial charge in [-0.3, -0.25) is 0 Å². The number of hydrogen-bond donors (Lipinski definition) is 1. The Balaban J connectivity index is 0.00000121. The third-order valence-electron chi connectivity index (χ3n) is 1.36. The maximum atomic E-state index is 9.09. The lowest BCUT2D eigenvalue weighted by Gasteiger charge is -2.10. The first-order valence-corrected chi connectivity index (χ1v) is 3.72. The standard InChI is InChI=1S/C9H12O2.H2O/c1-2-9(10)11-8-6-4-3-5-7-8;/h3-7,9-10H,2H2,1H3;1H2. The summed E-state index contributed by atoms with van der Waals surface area (Å²) in [6.07, 6.45) is -0.0769. The highest BCUT2D eigenvalue weighted by molar-refractivity contribution is 5.20. The summed E-state index contributed by atoms with van der Waals surface area (Å²) in [4.78, 5) is 0. The minimum atomic E-state index is -0.683. The highest BCUT2D eigenvalue weighted by Gasteiger charge is 1.99. The molecule has 0 spiro atoms. The maximum absolute atomic E-state index is 9.09. The third kappa shape index (κ3) is 3.37. The zero-order valence-electron chi connectivity index (χ0n) is 7.03. The van der Waals surface area contributed by atoms with Gasteiger partial charge in [-0.2, -0.15) is 0 Å². The van der Waals surface area contributed by atoms with Crippen molar-refractivity contribution in [2.75, 3.05) is 0 Å². The van der Waals surface area contributed by atoms with Crippen molar-refractivity contribution in [2.24, 2.45) is 0 Å². The van der Waals surface area contributed by atoms with E-state index in [9.17, 15) is 0 Å². The lowest BCUT2D eigenvalue weighted by molar-refractivity contribution is -0.0191. The molecular weight excluding hydrogens is 156 g/mol. The molecule has 0 saturated carbocycles. The van der Waals surface area contributed by atoms with Crippen molar-refractivity contribution in [3.8, 4) is 5.75 Å². The van der Waals surface area contributed by atoms with E-state index in [-0.39, 0.29) is 5.48 Å². The molecule has 68 valence electrons. The molecule has 0 aromatic heterocycles. The molecule has 1 rings (SSSR count). The van der Waals surface area contributed by atoms with Crippen LogP contribution < -0.4 is 4.74 Å². The predicted octanol–water partition coefficient (Wildman–Crippen LogP) is 0.969. The van der Waals surface area contributed by atoms with Crippen LogP contribution in [0.5, 0.6) is 5.75 Å². The minimum absolute atomic E-state index is 0. The van der Waals surface area contributed by atoms with E-state index >= 15 is 0 Å². The predicted molar refractivity (Wildman–Crippen MR) is 47.0 cm³/mol. The number of benzene rings is 1. The Morgan fingerprint density at radius 3 is 2.42 bits per heavy atom. The monoisotopic (exact) mass is 170 g/mol. The van der Waals surface area contributed by atoms with Crippen molar-refractivity contribution in [1.29, 1.82) is 0 Å². The van der Waals surface area contributed by atoms with Gasteiger partial charge < -0.3 is 15.3 Å². The quantitative estimate of drug-likeness (QED) is 0.687. The van der Waals surface area contributed by atoms with Gasteiger partial charge in [0.25, 0.3) is 0 Å². The Hall–Kier alpha value is -1.06. The lowest BCUT2D eigenvalue weighted by Crippen LogP contribution is -2.13. The molecule has 0 aliphatic rings. The van der Waals surface area contributed by atoms with E-state index < -0.39 is 6.29 Å². The number of aliphatic hydroxyl groups excluding tert-OH is 1. The van der Waals surface area contributed by atoms with Crippen LogP contribution >= 0.6 is 0 Å². The van der Waals surface area contributed by atoms with Crippen molar-refractivity contribution in [1.82, 2.24) is 0 Å². The summed E-state index contributed by atoms with van der Waals surface area (Å²) in [5, 5.41) is 9.09. The Labute approximate surface area is 71.9 Å². The van der Waals surface area contributed by atoms with E-state index in [1.54, 1.807) is 0 Å². The molecule has 1 unspecified atom stereocenters. The number of hydrogen-bond acceptors (Lipinski definition) is 2. The first-order valence-electron chi connectivity index (χ1n) is 3.72. The van der Waals surface area contributed by atoms with Gasteiger partial charge in [-0.1, -0.05) is 25.1 Å². The number of ether oxygens (including phenoxy) is 1. The van der Waals surface area contributed by atoms with Crippen LogP contribution in [0.4, 0.5) is 0 Å². The number of para-hydroxylation sites is 1. The van der Waals surface area contributed by atoms with Crippen LogP contribution in [0.15, 0.2) is 30.3 Å². The molecule has 1 aromatic rings. The fourth-order valence-electron chi connectivity index (χ4n) is 0.739. The Morgan fingerprint density at radius 1 is 1.33 bits per heavy atom. The van der Waals surface area contributed by atoms with E-state index in [0.29, 0.717) is 12.2 Å². The summed E-state index contributed by atoms with van der Waals surface area (Å²) >= 11 is 0. The van der Waals surface area contributed by atoms with Crippen molar-refractivity contribution >= 4 is 0 Å². The SMILES string of the molecule is CCC(O)Oc1ccccc1.O. The first-order chi connectivity index (χ1) is 5.33. The van der Waals surface area contributed by atoms with E-state index in [0.717, 1.165) is 0 Å². The van der Waals surface area contributed by atoms with Crippen molar-refractivity contribution in [2.45, 2.75) is 19.6 Å². The average Bonchev–Trinajstić information content (AvgIpc) is 2.06. The summed E-state index contributed by atoms with van der Waals surface area (Å²) in [6, 6.07) is 9.29. The molecule has 1 aromatic carbocycles. The van der Waals surface area contributed by atoms with Crippen LogP contribution in [0, 0.1) is 0 Å². The second-order valence-corrected chi connectivity index (χ2v) is 2.29.